The van der Waals surface area contributed by atoms with E-state index in [4.69, 9.17) is 5.73 Å². The minimum atomic E-state index is -3.24. The fourth-order valence-corrected chi connectivity index (χ4v) is 3.47. The highest BCUT2D eigenvalue weighted by molar-refractivity contribution is 7.86. The molecule has 0 unspecified atom stereocenters. The van der Waals surface area contributed by atoms with Crippen LogP contribution in [0.3, 0.4) is 0 Å². The predicted molar refractivity (Wildman–Crippen MR) is 60.6 cm³/mol. The second kappa shape index (κ2) is 5.25. The molecule has 2 N–H and O–H groups in total. The van der Waals surface area contributed by atoms with Gasteiger partial charge in [-0.15, -0.1) is 0 Å². The highest BCUT2D eigenvalue weighted by Gasteiger charge is 2.30. The second-order valence-corrected chi connectivity index (χ2v) is 5.76. The first kappa shape index (κ1) is 12.9. The molecule has 1 aliphatic heterocycles. The number of nitrogens with two attached hydrogens (primary N) is 1. The summed E-state index contributed by atoms with van der Waals surface area (Å²) in [5, 5.41) is 0. The van der Waals surface area contributed by atoms with Crippen molar-refractivity contribution in [3.05, 3.63) is 0 Å². The van der Waals surface area contributed by atoms with Gasteiger partial charge in [0.25, 0.3) is 10.2 Å². The first-order valence-corrected chi connectivity index (χ1v) is 6.92. The van der Waals surface area contributed by atoms with E-state index in [1.165, 1.54) is 4.31 Å². The first-order valence-electron chi connectivity index (χ1n) is 5.53. The first-order chi connectivity index (χ1) is 7.02. The molecule has 15 heavy (non-hydrogen) atoms. The minimum Gasteiger partial charge on any atom is -0.328 e. The van der Waals surface area contributed by atoms with Gasteiger partial charge in [-0.2, -0.15) is 17.0 Å². The molecule has 0 bridgehead atoms. The average molecular weight is 235 g/mol. The molecule has 6 heteroatoms. The van der Waals surface area contributed by atoms with E-state index in [0.717, 1.165) is 12.8 Å². The van der Waals surface area contributed by atoms with Gasteiger partial charge < -0.3 is 5.73 Å². The summed E-state index contributed by atoms with van der Waals surface area (Å²) < 4.78 is 27.2. The summed E-state index contributed by atoms with van der Waals surface area (Å²) in [7, 11) is -3.24. The molecule has 5 nitrogen and oxygen atoms in total. The summed E-state index contributed by atoms with van der Waals surface area (Å²) in [6.45, 7) is 5.89. The minimum absolute atomic E-state index is 0.160. The maximum Gasteiger partial charge on any atom is 0.281 e. The number of hydrogen-bond donors (Lipinski definition) is 1. The lowest BCUT2D eigenvalue weighted by molar-refractivity contribution is 0.292. The molecule has 0 amide bonds. The summed E-state index contributed by atoms with van der Waals surface area (Å²) >= 11 is 0. The number of rotatable bonds is 4. The topological polar surface area (TPSA) is 66.6 Å². The SMILES string of the molecule is CCN(CC)S(=O)(=O)N1CCC(N)CC1. The summed E-state index contributed by atoms with van der Waals surface area (Å²) in [4.78, 5) is 0. The molecule has 1 saturated heterocycles. The summed E-state index contributed by atoms with van der Waals surface area (Å²) in [6, 6.07) is 0.160. The van der Waals surface area contributed by atoms with Crippen molar-refractivity contribution in [2.45, 2.75) is 32.7 Å². The van der Waals surface area contributed by atoms with Crippen LogP contribution in [0.1, 0.15) is 26.7 Å². The Morgan fingerprint density at radius 2 is 1.73 bits per heavy atom. The Kier molecular flexibility index (Phi) is 4.51. The van der Waals surface area contributed by atoms with E-state index in [1.54, 1.807) is 4.31 Å². The predicted octanol–water partition coefficient (Wildman–Crippen LogP) is -0.00390. The Morgan fingerprint density at radius 1 is 1.27 bits per heavy atom. The average Bonchev–Trinajstić information content (AvgIpc) is 2.19. The Bertz CT molecular complexity index is 280. The van der Waals surface area contributed by atoms with Crippen molar-refractivity contribution in [3.63, 3.8) is 0 Å². The van der Waals surface area contributed by atoms with E-state index in [1.807, 2.05) is 13.8 Å². The molecule has 0 saturated carbocycles. The zero-order valence-corrected chi connectivity index (χ0v) is 10.3. The molecular formula is C9H21N3O2S. The van der Waals surface area contributed by atoms with E-state index < -0.39 is 10.2 Å². The van der Waals surface area contributed by atoms with Crippen LogP contribution in [0.15, 0.2) is 0 Å². The van der Waals surface area contributed by atoms with E-state index in [-0.39, 0.29) is 6.04 Å². The molecule has 1 heterocycles. The summed E-state index contributed by atoms with van der Waals surface area (Å²) in [5.41, 5.74) is 5.75. The molecular weight excluding hydrogens is 214 g/mol. The Hall–Kier alpha value is -0.170. The van der Waals surface area contributed by atoms with Gasteiger partial charge in [0, 0.05) is 32.2 Å². The highest BCUT2D eigenvalue weighted by Crippen LogP contribution is 2.15. The zero-order valence-electron chi connectivity index (χ0n) is 9.52. The van der Waals surface area contributed by atoms with Gasteiger partial charge >= 0.3 is 0 Å². The van der Waals surface area contributed by atoms with Crippen molar-refractivity contribution >= 4 is 10.2 Å². The molecule has 0 radical (unpaired) electrons. The monoisotopic (exact) mass is 235 g/mol. The van der Waals surface area contributed by atoms with E-state index in [0.29, 0.717) is 26.2 Å². The normalized spacial score (nSPS) is 21.1. The lowest BCUT2D eigenvalue weighted by atomic mass is 10.1. The molecule has 1 aliphatic rings. The summed E-state index contributed by atoms with van der Waals surface area (Å²) in [5.74, 6) is 0. The largest absolute Gasteiger partial charge is 0.328 e. The van der Waals surface area contributed by atoms with Crippen LogP contribution in [0.2, 0.25) is 0 Å². The van der Waals surface area contributed by atoms with E-state index in [9.17, 15) is 8.42 Å². The van der Waals surface area contributed by atoms with Gasteiger partial charge in [0.15, 0.2) is 0 Å². The van der Waals surface area contributed by atoms with Crippen molar-refractivity contribution in [1.29, 1.82) is 0 Å². The van der Waals surface area contributed by atoms with Crippen LogP contribution in [0, 0.1) is 0 Å². The van der Waals surface area contributed by atoms with Crippen LogP contribution in [0.4, 0.5) is 0 Å². The molecule has 0 aliphatic carbocycles. The third-order valence-corrected chi connectivity index (χ3v) is 5.04. The molecule has 0 aromatic carbocycles. The highest BCUT2D eigenvalue weighted by atomic mass is 32.2. The number of piperidine rings is 1. The van der Waals surface area contributed by atoms with E-state index in [2.05, 4.69) is 0 Å². The van der Waals surface area contributed by atoms with Gasteiger partial charge in [0.2, 0.25) is 0 Å². The van der Waals surface area contributed by atoms with Crippen molar-refractivity contribution in [3.8, 4) is 0 Å². The van der Waals surface area contributed by atoms with Crippen molar-refractivity contribution in [2.24, 2.45) is 5.73 Å². The van der Waals surface area contributed by atoms with E-state index >= 15 is 0 Å². The molecule has 0 aromatic rings. The van der Waals surface area contributed by atoms with Gasteiger partial charge in [0.1, 0.15) is 0 Å². The van der Waals surface area contributed by atoms with Gasteiger partial charge in [-0.1, -0.05) is 13.8 Å². The Labute approximate surface area is 92.4 Å². The molecule has 0 aromatic heterocycles. The summed E-state index contributed by atoms with van der Waals surface area (Å²) in [6.07, 6.45) is 1.53. The van der Waals surface area contributed by atoms with Crippen LogP contribution in [0.25, 0.3) is 0 Å². The Morgan fingerprint density at radius 3 is 2.13 bits per heavy atom. The Balaban J connectivity index is 2.69. The smallest absolute Gasteiger partial charge is 0.281 e. The quantitative estimate of drug-likeness (QED) is 0.745. The number of nitrogens with zero attached hydrogens (tertiary/aromatic N) is 2. The van der Waals surface area contributed by atoms with Gasteiger partial charge in [-0.3, -0.25) is 0 Å². The van der Waals surface area contributed by atoms with Gasteiger partial charge in [-0.25, -0.2) is 0 Å². The second-order valence-electron chi connectivity index (χ2n) is 3.83. The lowest BCUT2D eigenvalue weighted by Crippen LogP contribution is -2.49. The fraction of sp³-hybridized carbons (Fsp3) is 1.00. The molecule has 1 rings (SSSR count). The lowest BCUT2D eigenvalue weighted by Gasteiger charge is -2.33. The van der Waals surface area contributed by atoms with Crippen LogP contribution >= 0.6 is 0 Å². The van der Waals surface area contributed by atoms with Crippen molar-refractivity contribution in [1.82, 2.24) is 8.61 Å². The van der Waals surface area contributed by atoms with Crippen molar-refractivity contribution in [2.75, 3.05) is 26.2 Å². The third kappa shape index (κ3) is 2.90. The van der Waals surface area contributed by atoms with Crippen LogP contribution in [0.5, 0.6) is 0 Å². The van der Waals surface area contributed by atoms with Crippen LogP contribution in [-0.2, 0) is 10.2 Å². The molecule has 90 valence electrons. The molecule has 1 fully saturated rings. The third-order valence-electron chi connectivity index (χ3n) is 2.86. The van der Waals surface area contributed by atoms with Crippen LogP contribution in [-0.4, -0.2) is 49.2 Å². The van der Waals surface area contributed by atoms with Crippen molar-refractivity contribution < 1.29 is 8.42 Å². The molecule has 0 atom stereocenters. The maximum atomic E-state index is 12.1. The maximum absolute atomic E-state index is 12.1. The standard InChI is InChI=1S/C9H21N3O2S/c1-3-11(4-2)15(13,14)12-7-5-9(10)6-8-12/h9H,3-8,10H2,1-2H3. The zero-order chi connectivity index (χ0) is 11.5. The van der Waals surface area contributed by atoms with Gasteiger partial charge in [0.05, 0.1) is 0 Å². The fourth-order valence-electron chi connectivity index (χ4n) is 1.82. The van der Waals surface area contributed by atoms with Gasteiger partial charge in [-0.05, 0) is 12.8 Å². The van der Waals surface area contributed by atoms with Crippen LogP contribution < -0.4 is 5.73 Å². The molecule has 0 spiro atoms. The number of hydrogen-bond acceptors (Lipinski definition) is 3.